The molecule has 29 heavy (non-hydrogen) atoms. The lowest BCUT2D eigenvalue weighted by atomic mass is 10.3. The van der Waals surface area contributed by atoms with Crippen molar-refractivity contribution in [2.24, 2.45) is 5.14 Å². The summed E-state index contributed by atoms with van der Waals surface area (Å²) in [5.74, 6) is -1.93. The number of nitrogens with one attached hydrogen (secondary N) is 1. The van der Waals surface area contributed by atoms with Crippen LogP contribution in [-0.4, -0.2) is 52.4 Å². The SMILES string of the molecule is NS(=O)(=O)CC(=O)NCCSc1nonc1-c1noc(=O)n1-c1cccc(Cl)c1. The zero-order valence-electron chi connectivity index (χ0n) is 14.4. The van der Waals surface area contributed by atoms with Crippen molar-refractivity contribution in [3.05, 3.63) is 39.8 Å². The minimum absolute atomic E-state index is 0.0549. The number of nitrogens with two attached hydrogens (primary N) is 1. The predicted octanol–water partition coefficient (Wildman–Crippen LogP) is 0.0257. The summed E-state index contributed by atoms with van der Waals surface area (Å²) in [6.07, 6.45) is 0. The zero-order chi connectivity index (χ0) is 21.0. The van der Waals surface area contributed by atoms with Crippen molar-refractivity contribution < 1.29 is 22.4 Å². The number of amides is 1. The van der Waals surface area contributed by atoms with Crippen molar-refractivity contribution in [1.29, 1.82) is 0 Å². The molecule has 3 N–H and O–H groups in total. The van der Waals surface area contributed by atoms with E-state index in [0.717, 1.165) is 16.3 Å². The summed E-state index contributed by atoms with van der Waals surface area (Å²) in [6.45, 7) is 0.130. The van der Waals surface area contributed by atoms with Gasteiger partial charge in [0.1, 0.15) is 5.75 Å². The van der Waals surface area contributed by atoms with Gasteiger partial charge in [0.25, 0.3) is 0 Å². The topological polar surface area (TPSA) is 176 Å². The molecule has 0 aliphatic heterocycles. The van der Waals surface area contributed by atoms with Crippen LogP contribution in [0.15, 0.2) is 43.2 Å². The van der Waals surface area contributed by atoms with Crippen LogP contribution >= 0.6 is 23.4 Å². The maximum absolute atomic E-state index is 12.1. The maximum atomic E-state index is 12.1. The Labute approximate surface area is 172 Å². The summed E-state index contributed by atoms with van der Waals surface area (Å²) in [6, 6.07) is 6.48. The first-order valence-corrected chi connectivity index (χ1v) is 10.9. The molecule has 0 spiro atoms. The number of carbonyl (C=O) groups is 1. The normalized spacial score (nSPS) is 11.5. The first-order chi connectivity index (χ1) is 13.7. The van der Waals surface area contributed by atoms with E-state index in [1.54, 1.807) is 24.3 Å². The Hall–Kier alpha value is -2.68. The Morgan fingerprint density at radius 3 is 2.83 bits per heavy atom. The van der Waals surface area contributed by atoms with Crippen LogP contribution in [-0.2, 0) is 14.8 Å². The molecule has 0 aliphatic carbocycles. The molecule has 2 aromatic heterocycles. The highest BCUT2D eigenvalue weighted by Gasteiger charge is 2.23. The van der Waals surface area contributed by atoms with Gasteiger partial charge in [0, 0.05) is 17.3 Å². The summed E-state index contributed by atoms with van der Waals surface area (Å²) < 4.78 is 32.4. The van der Waals surface area contributed by atoms with Gasteiger partial charge < -0.3 is 5.32 Å². The van der Waals surface area contributed by atoms with Crippen molar-refractivity contribution in [3.63, 3.8) is 0 Å². The van der Waals surface area contributed by atoms with E-state index in [9.17, 15) is 18.0 Å². The fourth-order valence-corrected chi connectivity index (χ4v) is 3.63. The van der Waals surface area contributed by atoms with Gasteiger partial charge in [-0.05, 0) is 28.5 Å². The van der Waals surface area contributed by atoms with Crippen molar-refractivity contribution in [1.82, 2.24) is 25.4 Å². The van der Waals surface area contributed by atoms with E-state index in [1.807, 2.05) is 0 Å². The monoisotopic (exact) mass is 460 g/mol. The molecule has 3 aromatic rings. The number of halogens is 1. The summed E-state index contributed by atoms with van der Waals surface area (Å²) in [7, 11) is -3.89. The molecule has 2 heterocycles. The lowest BCUT2D eigenvalue weighted by Gasteiger charge is -2.04. The second-order valence-corrected chi connectivity index (χ2v) is 8.65. The average Bonchev–Trinajstić information content (AvgIpc) is 3.23. The molecule has 1 amide bonds. The van der Waals surface area contributed by atoms with Crippen molar-refractivity contribution in [3.8, 4) is 17.2 Å². The van der Waals surface area contributed by atoms with Gasteiger partial charge in [-0.1, -0.05) is 34.6 Å². The van der Waals surface area contributed by atoms with Crippen molar-refractivity contribution in [2.75, 3.05) is 18.1 Å². The number of hydrogen-bond donors (Lipinski definition) is 2. The van der Waals surface area contributed by atoms with Crippen LogP contribution in [0.4, 0.5) is 0 Å². The van der Waals surface area contributed by atoms with E-state index in [-0.39, 0.29) is 23.1 Å². The largest absolute Gasteiger partial charge is 0.446 e. The van der Waals surface area contributed by atoms with Gasteiger partial charge in [-0.3, -0.25) is 9.32 Å². The highest BCUT2D eigenvalue weighted by molar-refractivity contribution is 7.99. The van der Waals surface area contributed by atoms with Crippen molar-refractivity contribution in [2.45, 2.75) is 5.03 Å². The molecule has 15 heteroatoms. The molecule has 0 saturated heterocycles. The number of sulfonamides is 1. The van der Waals surface area contributed by atoms with E-state index in [0.29, 0.717) is 16.5 Å². The fraction of sp³-hybridized carbons (Fsp3) is 0.214. The highest BCUT2D eigenvalue weighted by Crippen LogP contribution is 2.28. The van der Waals surface area contributed by atoms with Gasteiger partial charge >= 0.3 is 5.76 Å². The number of primary sulfonamides is 1. The number of nitrogens with zero attached hydrogens (tertiary/aromatic N) is 4. The van der Waals surface area contributed by atoms with Crippen LogP contribution < -0.4 is 16.2 Å². The Kier molecular flexibility index (Phi) is 6.36. The van der Waals surface area contributed by atoms with Crippen molar-refractivity contribution >= 4 is 39.3 Å². The van der Waals surface area contributed by atoms with Gasteiger partial charge in [-0.2, -0.15) is 0 Å². The molecular weight excluding hydrogens is 448 g/mol. The summed E-state index contributed by atoms with van der Waals surface area (Å²) in [4.78, 5) is 23.5. The summed E-state index contributed by atoms with van der Waals surface area (Å²) in [5, 5.41) is 19.1. The standard InChI is InChI=1S/C14H13ClN6O6S2/c15-8-2-1-3-9(6-8)21-12(19-26-14(21)23)11-13(20-27-18-11)28-5-4-17-10(22)7-29(16,24)25/h1-3,6H,4-5,7H2,(H,17,22)(H2,16,24,25). The number of carbonyl (C=O) groups excluding carboxylic acids is 1. The third-order valence-electron chi connectivity index (χ3n) is 3.34. The molecule has 0 unspecified atom stereocenters. The number of rotatable bonds is 8. The van der Waals surface area contributed by atoms with E-state index >= 15 is 0 Å². The third-order valence-corrected chi connectivity index (χ3v) is 5.19. The molecule has 1 aromatic carbocycles. The van der Waals surface area contributed by atoms with Gasteiger partial charge in [0.05, 0.1) is 5.69 Å². The third kappa shape index (κ3) is 5.44. The smallest absolute Gasteiger partial charge is 0.354 e. The molecule has 0 bridgehead atoms. The summed E-state index contributed by atoms with van der Waals surface area (Å²) in [5.41, 5.74) is 0.560. The number of thioether (sulfide) groups is 1. The second-order valence-electron chi connectivity index (χ2n) is 5.51. The molecule has 3 rings (SSSR count). The minimum Gasteiger partial charge on any atom is -0.354 e. The maximum Gasteiger partial charge on any atom is 0.446 e. The Bertz CT molecular complexity index is 1190. The van der Waals surface area contributed by atoms with E-state index in [2.05, 4.69) is 20.8 Å². The second kappa shape index (κ2) is 8.77. The first-order valence-electron chi connectivity index (χ1n) is 7.82. The van der Waals surface area contributed by atoms with Crippen LogP contribution in [0.1, 0.15) is 0 Å². The van der Waals surface area contributed by atoms with E-state index in [1.165, 1.54) is 0 Å². The van der Waals surface area contributed by atoms with Crippen LogP contribution in [0.5, 0.6) is 0 Å². The Balaban J connectivity index is 1.73. The Morgan fingerprint density at radius 1 is 1.31 bits per heavy atom. The van der Waals surface area contributed by atoms with Gasteiger partial charge in [-0.15, -0.1) is 0 Å². The molecule has 0 fully saturated rings. The molecule has 12 nitrogen and oxygen atoms in total. The molecule has 0 saturated carbocycles. The van der Waals surface area contributed by atoms with Crippen LogP contribution in [0, 0.1) is 0 Å². The first kappa shape index (κ1) is 21.0. The fourth-order valence-electron chi connectivity index (χ4n) is 2.23. The predicted molar refractivity (Wildman–Crippen MR) is 102 cm³/mol. The molecule has 0 atom stereocenters. The van der Waals surface area contributed by atoms with Crippen LogP contribution in [0.25, 0.3) is 17.2 Å². The zero-order valence-corrected chi connectivity index (χ0v) is 16.8. The van der Waals surface area contributed by atoms with Gasteiger partial charge in [-0.25, -0.2) is 27.5 Å². The van der Waals surface area contributed by atoms with Gasteiger partial charge in [0.15, 0.2) is 10.7 Å². The minimum atomic E-state index is -3.89. The Morgan fingerprint density at radius 2 is 2.10 bits per heavy atom. The quantitative estimate of drug-likeness (QED) is 0.344. The summed E-state index contributed by atoms with van der Waals surface area (Å²) >= 11 is 7.11. The molecule has 154 valence electrons. The molecule has 0 radical (unpaired) electrons. The number of benzene rings is 1. The average molecular weight is 461 g/mol. The molecular formula is C14H13ClN6O6S2. The van der Waals surface area contributed by atoms with Crippen LogP contribution in [0.2, 0.25) is 5.02 Å². The molecule has 0 aliphatic rings. The lowest BCUT2D eigenvalue weighted by Crippen LogP contribution is -2.34. The number of hydrogen-bond acceptors (Lipinski definition) is 10. The highest BCUT2D eigenvalue weighted by atomic mass is 35.5. The van der Waals surface area contributed by atoms with E-state index in [4.69, 9.17) is 25.9 Å². The lowest BCUT2D eigenvalue weighted by molar-refractivity contribution is -0.118. The number of aromatic nitrogens is 4. The van der Waals surface area contributed by atoms with E-state index < -0.39 is 27.4 Å². The van der Waals surface area contributed by atoms with Gasteiger partial charge in [0.2, 0.25) is 21.8 Å². The van der Waals surface area contributed by atoms with Crippen LogP contribution in [0.3, 0.4) is 0 Å².